The van der Waals surface area contributed by atoms with Crippen LogP contribution in [0.5, 0.6) is 5.75 Å². The first-order valence-corrected chi connectivity index (χ1v) is 11.8. The number of carbonyl (C=O) groups is 2. The third-order valence-corrected chi connectivity index (χ3v) is 6.78. The van der Waals surface area contributed by atoms with Gasteiger partial charge in [-0.1, -0.05) is 23.1 Å². The Bertz CT molecular complexity index is 961. The van der Waals surface area contributed by atoms with E-state index in [4.69, 9.17) is 4.74 Å². The largest absolute Gasteiger partial charge is 0.497 e. The van der Waals surface area contributed by atoms with Crippen molar-refractivity contribution in [2.24, 2.45) is 0 Å². The van der Waals surface area contributed by atoms with Crippen LogP contribution in [0.15, 0.2) is 28.6 Å². The summed E-state index contributed by atoms with van der Waals surface area (Å²) < 4.78 is 35.7. The zero-order valence-corrected chi connectivity index (χ0v) is 18.6. The van der Waals surface area contributed by atoms with Gasteiger partial charge in [-0.25, -0.2) is 8.42 Å². The van der Waals surface area contributed by atoms with E-state index in [9.17, 15) is 18.0 Å². The van der Waals surface area contributed by atoms with Gasteiger partial charge in [0.15, 0.2) is 4.34 Å². The molecule has 0 radical (unpaired) electrons. The van der Waals surface area contributed by atoms with Crippen molar-refractivity contribution >= 4 is 55.8 Å². The number of amides is 1. The molecule has 2 aromatic rings. The molecule has 0 saturated carbocycles. The molecule has 1 aromatic heterocycles. The molecule has 1 atom stereocenters. The number of hydrogen-bond acceptors (Lipinski definition) is 10. The molecule has 158 valence electrons. The highest BCUT2D eigenvalue weighted by atomic mass is 32.2. The molecular weight excluding hydrogens is 440 g/mol. The minimum absolute atomic E-state index is 0.0643. The highest BCUT2D eigenvalue weighted by molar-refractivity contribution is 8.01. The van der Waals surface area contributed by atoms with Crippen LogP contribution >= 0.6 is 23.1 Å². The van der Waals surface area contributed by atoms with Gasteiger partial charge in [-0.05, 0) is 31.2 Å². The van der Waals surface area contributed by atoms with Gasteiger partial charge >= 0.3 is 5.97 Å². The fourth-order valence-corrected chi connectivity index (χ4v) is 5.01. The second-order valence-electron chi connectivity index (χ2n) is 5.66. The maximum Gasteiger partial charge on any atom is 0.316 e. The van der Waals surface area contributed by atoms with E-state index in [1.807, 2.05) is 0 Å². The molecule has 2 rings (SSSR count). The van der Waals surface area contributed by atoms with Crippen LogP contribution in [-0.4, -0.2) is 62.8 Å². The quantitative estimate of drug-likeness (QED) is 0.337. The van der Waals surface area contributed by atoms with E-state index >= 15 is 0 Å². The SMILES string of the molecule is COC(=O)CSc1nnc(NC(=O)[C@H](C)N(c2ccc(OC)cc2)S(C)(=O)=O)s1. The van der Waals surface area contributed by atoms with Gasteiger partial charge in [0.05, 0.1) is 31.9 Å². The predicted molar refractivity (Wildman–Crippen MR) is 111 cm³/mol. The number of esters is 1. The van der Waals surface area contributed by atoms with Gasteiger partial charge in [-0.2, -0.15) is 0 Å². The van der Waals surface area contributed by atoms with E-state index in [-0.39, 0.29) is 10.9 Å². The fourth-order valence-electron chi connectivity index (χ4n) is 2.25. The van der Waals surface area contributed by atoms with E-state index in [2.05, 4.69) is 20.3 Å². The molecule has 0 aliphatic carbocycles. The fraction of sp³-hybridized carbons (Fsp3) is 0.375. The molecule has 10 nitrogen and oxygen atoms in total. The van der Waals surface area contributed by atoms with Crippen LogP contribution in [0.2, 0.25) is 0 Å². The van der Waals surface area contributed by atoms with Crippen molar-refractivity contribution in [3.05, 3.63) is 24.3 Å². The molecule has 1 N–H and O–H groups in total. The predicted octanol–water partition coefficient (Wildman–Crippen LogP) is 1.60. The monoisotopic (exact) mass is 460 g/mol. The summed E-state index contributed by atoms with van der Waals surface area (Å²) in [6.45, 7) is 1.47. The minimum atomic E-state index is -3.75. The molecule has 0 bridgehead atoms. The Labute approximate surface area is 176 Å². The molecule has 1 heterocycles. The van der Waals surface area contributed by atoms with E-state index in [1.54, 1.807) is 24.3 Å². The van der Waals surface area contributed by atoms with Crippen LogP contribution in [0.25, 0.3) is 0 Å². The van der Waals surface area contributed by atoms with Gasteiger partial charge in [-0.3, -0.25) is 19.2 Å². The van der Waals surface area contributed by atoms with Crippen molar-refractivity contribution < 1.29 is 27.5 Å². The number of hydrogen-bond donors (Lipinski definition) is 1. The van der Waals surface area contributed by atoms with Gasteiger partial charge in [0.1, 0.15) is 11.8 Å². The molecule has 0 aliphatic heterocycles. The first-order chi connectivity index (χ1) is 13.7. The summed E-state index contributed by atoms with van der Waals surface area (Å²) in [5, 5.41) is 10.5. The van der Waals surface area contributed by atoms with Crippen LogP contribution < -0.4 is 14.4 Å². The zero-order chi connectivity index (χ0) is 21.6. The Balaban J connectivity index is 2.13. The van der Waals surface area contributed by atoms with Gasteiger partial charge in [0.25, 0.3) is 0 Å². The number of ether oxygens (including phenoxy) is 2. The number of nitrogens with zero attached hydrogens (tertiary/aromatic N) is 3. The van der Waals surface area contributed by atoms with Gasteiger partial charge in [-0.15, -0.1) is 10.2 Å². The summed E-state index contributed by atoms with van der Waals surface area (Å²) in [5.74, 6) is -0.362. The average Bonchev–Trinajstić information content (AvgIpc) is 3.12. The Hall–Kier alpha value is -2.38. The van der Waals surface area contributed by atoms with E-state index < -0.39 is 27.9 Å². The van der Waals surface area contributed by atoms with Crippen molar-refractivity contribution in [3.8, 4) is 5.75 Å². The number of benzene rings is 1. The third-order valence-electron chi connectivity index (χ3n) is 3.59. The Morgan fingerprint density at radius 2 is 1.90 bits per heavy atom. The maximum absolute atomic E-state index is 12.6. The number of nitrogens with one attached hydrogen (secondary N) is 1. The molecular formula is C16H20N4O6S3. The van der Waals surface area contributed by atoms with Crippen LogP contribution in [-0.2, 0) is 24.3 Å². The van der Waals surface area contributed by atoms with Gasteiger partial charge < -0.3 is 9.47 Å². The summed E-state index contributed by atoms with van der Waals surface area (Å²) in [7, 11) is -0.963. The summed E-state index contributed by atoms with van der Waals surface area (Å²) in [6, 6.07) is 5.27. The van der Waals surface area contributed by atoms with Crippen LogP contribution in [0.3, 0.4) is 0 Å². The smallest absolute Gasteiger partial charge is 0.316 e. The summed E-state index contributed by atoms with van der Waals surface area (Å²) >= 11 is 2.19. The Kier molecular flexibility index (Phi) is 7.81. The molecule has 1 aromatic carbocycles. The molecule has 0 aliphatic rings. The van der Waals surface area contributed by atoms with E-state index in [0.717, 1.165) is 33.7 Å². The molecule has 29 heavy (non-hydrogen) atoms. The second kappa shape index (κ2) is 9.89. The number of anilines is 2. The average molecular weight is 461 g/mol. The lowest BCUT2D eigenvalue weighted by atomic mass is 10.2. The first kappa shape index (κ1) is 22.9. The first-order valence-electron chi connectivity index (χ1n) is 8.13. The maximum atomic E-state index is 12.6. The Morgan fingerprint density at radius 1 is 1.24 bits per heavy atom. The van der Waals surface area contributed by atoms with Crippen molar-refractivity contribution in [1.82, 2.24) is 10.2 Å². The normalized spacial score (nSPS) is 12.1. The number of rotatable bonds is 9. The summed E-state index contributed by atoms with van der Waals surface area (Å²) in [5.41, 5.74) is 0.322. The lowest BCUT2D eigenvalue weighted by molar-refractivity contribution is -0.137. The highest BCUT2D eigenvalue weighted by Crippen LogP contribution is 2.27. The molecule has 0 unspecified atom stereocenters. The van der Waals surface area contributed by atoms with Crippen LogP contribution in [0, 0.1) is 0 Å². The molecule has 0 saturated heterocycles. The van der Waals surface area contributed by atoms with Crippen LogP contribution in [0.1, 0.15) is 6.92 Å². The van der Waals surface area contributed by atoms with E-state index in [0.29, 0.717) is 15.8 Å². The minimum Gasteiger partial charge on any atom is -0.497 e. The van der Waals surface area contributed by atoms with Crippen molar-refractivity contribution in [2.75, 3.05) is 35.9 Å². The van der Waals surface area contributed by atoms with Crippen LogP contribution in [0.4, 0.5) is 10.8 Å². The third kappa shape index (κ3) is 6.30. The summed E-state index contributed by atoms with van der Waals surface area (Å²) in [4.78, 5) is 23.8. The topological polar surface area (TPSA) is 128 Å². The number of thioether (sulfide) groups is 1. The molecule has 1 amide bonds. The summed E-state index contributed by atoms with van der Waals surface area (Å²) in [6.07, 6.45) is 1.02. The van der Waals surface area contributed by atoms with Crippen molar-refractivity contribution in [1.29, 1.82) is 0 Å². The van der Waals surface area contributed by atoms with Crippen molar-refractivity contribution in [2.45, 2.75) is 17.3 Å². The standard InChI is InChI=1S/C16H20N4O6S3/c1-10(20(29(4,23)24)11-5-7-12(25-2)8-6-11)14(22)17-15-18-19-16(28-15)27-9-13(21)26-3/h5-8,10H,9H2,1-4H3,(H,17,18,22)/t10-/m0/s1. The molecule has 0 spiro atoms. The number of sulfonamides is 1. The molecule has 0 fully saturated rings. The number of aromatic nitrogens is 2. The van der Waals surface area contributed by atoms with Gasteiger partial charge in [0.2, 0.25) is 21.1 Å². The van der Waals surface area contributed by atoms with Crippen molar-refractivity contribution in [3.63, 3.8) is 0 Å². The highest BCUT2D eigenvalue weighted by Gasteiger charge is 2.29. The van der Waals surface area contributed by atoms with E-state index in [1.165, 1.54) is 21.1 Å². The lowest BCUT2D eigenvalue weighted by Crippen LogP contribution is -2.45. The second-order valence-corrected chi connectivity index (χ2v) is 9.72. The number of carbonyl (C=O) groups excluding carboxylic acids is 2. The molecule has 13 heteroatoms. The van der Waals surface area contributed by atoms with Gasteiger partial charge in [0, 0.05) is 0 Å². The zero-order valence-electron chi connectivity index (χ0n) is 16.1. The lowest BCUT2D eigenvalue weighted by Gasteiger charge is -2.27. The number of methoxy groups -OCH3 is 2. The Morgan fingerprint density at radius 3 is 2.45 bits per heavy atom.